The maximum absolute atomic E-state index is 12.0. The number of rotatable bonds is 3. The van der Waals surface area contributed by atoms with Gasteiger partial charge in [-0.3, -0.25) is 0 Å². The lowest BCUT2D eigenvalue weighted by Gasteiger charge is -2.24. The molecule has 6 heteroatoms. The van der Waals surface area contributed by atoms with Crippen molar-refractivity contribution in [3.05, 3.63) is 0 Å². The molecule has 1 fully saturated rings. The second-order valence-electron chi connectivity index (χ2n) is 4.23. The Morgan fingerprint density at radius 2 is 1.88 bits per heavy atom. The summed E-state index contributed by atoms with van der Waals surface area (Å²) in [5, 5.41) is 8.78. The van der Waals surface area contributed by atoms with Crippen molar-refractivity contribution in [3.63, 3.8) is 0 Å². The highest BCUT2D eigenvalue weighted by atomic mass is 19.4. The van der Waals surface area contributed by atoms with Gasteiger partial charge in [0.05, 0.1) is 12.7 Å². The molecule has 0 heterocycles. The summed E-state index contributed by atoms with van der Waals surface area (Å²) in [7, 11) is 0. The number of halogens is 3. The Morgan fingerprint density at radius 1 is 1.25 bits per heavy atom. The zero-order chi connectivity index (χ0) is 12.2. The smallest absolute Gasteiger partial charge is 0.382 e. The fraction of sp³-hybridized carbons (Fsp3) is 1.00. The predicted molar refractivity (Wildman–Crippen MR) is 52.9 cm³/mol. The molecule has 3 atom stereocenters. The van der Waals surface area contributed by atoms with Crippen LogP contribution >= 0.6 is 0 Å². The summed E-state index contributed by atoms with van der Waals surface area (Å²) in [5.41, 5.74) is 5.79. The van der Waals surface area contributed by atoms with Crippen LogP contribution in [0.3, 0.4) is 0 Å². The Bertz CT molecular complexity index is 211. The van der Waals surface area contributed by atoms with Gasteiger partial charge in [-0.25, -0.2) is 0 Å². The van der Waals surface area contributed by atoms with Gasteiger partial charge in [0.25, 0.3) is 0 Å². The van der Waals surface area contributed by atoms with Gasteiger partial charge in [0.15, 0.2) is 6.10 Å². The van der Waals surface area contributed by atoms with Crippen molar-refractivity contribution in [3.8, 4) is 0 Å². The Balaban J connectivity index is 2.35. The van der Waals surface area contributed by atoms with Crippen molar-refractivity contribution in [2.24, 2.45) is 5.73 Å². The Morgan fingerprint density at radius 3 is 2.50 bits per heavy atom. The van der Waals surface area contributed by atoms with E-state index in [-0.39, 0.29) is 12.1 Å². The quantitative estimate of drug-likeness (QED) is 0.738. The number of hydrogen-bond donors (Lipinski definition) is 2. The lowest BCUT2D eigenvalue weighted by molar-refractivity contribution is -0.221. The molecule has 0 saturated heterocycles. The van der Waals surface area contributed by atoms with Crippen LogP contribution in [0.5, 0.6) is 0 Å². The molecule has 1 aliphatic carbocycles. The van der Waals surface area contributed by atoms with Gasteiger partial charge >= 0.3 is 6.18 Å². The summed E-state index contributed by atoms with van der Waals surface area (Å²) in [6, 6.07) is -0.220. The van der Waals surface area contributed by atoms with Crippen LogP contribution in [-0.4, -0.2) is 36.1 Å². The van der Waals surface area contributed by atoms with Gasteiger partial charge in [-0.2, -0.15) is 13.2 Å². The second kappa shape index (κ2) is 5.84. The van der Waals surface area contributed by atoms with Gasteiger partial charge < -0.3 is 15.6 Å². The SMILES string of the molecule is NC1CCCCCC1OCC(O)C(F)(F)F. The van der Waals surface area contributed by atoms with Gasteiger partial charge in [0, 0.05) is 6.04 Å². The molecule has 1 aliphatic rings. The van der Waals surface area contributed by atoms with Crippen molar-refractivity contribution in [2.75, 3.05) is 6.61 Å². The predicted octanol–water partition coefficient (Wildman–Crippen LogP) is 1.59. The molecule has 0 aromatic rings. The fourth-order valence-electron chi connectivity index (χ4n) is 1.82. The lowest BCUT2D eigenvalue weighted by atomic mass is 10.1. The van der Waals surface area contributed by atoms with Crippen molar-refractivity contribution in [1.29, 1.82) is 0 Å². The number of ether oxygens (including phenoxy) is 1. The summed E-state index contributed by atoms with van der Waals surface area (Å²) < 4.78 is 41.1. The van der Waals surface area contributed by atoms with Crippen molar-refractivity contribution in [1.82, 2.24) is 0 Å². The van der Waals surface area contributed by atoms with Crippen molar-refractivity contribution in [2.45, 2.75) is 56.5 Å². The molecular weight excluding hydrogens is 223 g/mol. The second-order valence-corrected chi connectivity index (χ2v) is 4.23. The average Bonchev–Trinajstić information content (AvgIpc) is 2.38. The first-order valence-electron chi connectivity index (χ1n) is 5.53. The third kappa shape index (κ3) is 4.27. The molecule has 1 saturated carbocycles. The van der Waals surface area contributed by atoms with E-state index < -0.39 is 18.9 Å². The molecule has 0 aliphatic heterocycles. The Labute approximate surface area is 92.8 Å². The third-order valence-corrected chi connectivity index (χ3v) is 2.85. The van der Waals surface area contributed by atoms with E-state index in [0.29, 0.717) is 6.42 Å². The van der Waals surface area contributed by atoms with E-state index in [1.165, 1.54) is 0 Å². The number of nitrogens with two attached hydrogens (primary N) is 1. The molecule has 3 unspecified atom stereocenters. The fourth-order valence-corrected chi connectivity index (χ4v) is 1.82. The third-order valence-electron chi connectivity index (χ3n) is 2.85. The van der Waals surface area contributed by atoms with E-state index >= 15 is 0 Å². The molecule has 3 N–H and O–H groups in total. The van der Waals surface area contributed by atoms with Gasteiger partial charge in [-0.15, -0.1) is 0 Å². The summed E-state index contributed by atoms with van der Waals surface area (Å²) in [5.74, 6) is 0. The minimum atomic E-state index is -4.62. The summed E-state index contributed by atoms with van der Waals surface area (Å²) in [4.78, 5) is 0. The van der Waals surface area contributed by atoms with E-state index in [0.717, 1.165) is 25.7 Å². The zero-order valence-corrected chi connectivity index (χ0v) is 9.04. The molecule has 0 amide bonds. The van der Waals surface area contributed by atoms with E-state index in [1.54, 1.807) is 0 Å². The van der Waals surface area contributed by atoms with Crippen LogP contribution in [0.25, 0.3) is 0 Å². The summed E-state index contributed by atoms with van der Waals surface area (Å²) in [6.07, 6.45) is -3.01. The standard InChI is InChI=1S/C10H18F3NO2/c11-10(12,13)9(15)6-16-8-5-3-1-2-4-7(8)14/h7-9,15H,1-6,14H2. The van der Waals surface area contributed by atoms with Crippen LogP contribution in [0.15, 0.2) is 0 Å². The molecular formula is C10H18F3NO2. The molecule has 0 aromatic heterocycles. The van der Waals surface area contributed by atoms with E-state index in [9.17, 15) is 13.2 Å². The number of aliphatic hydroxyl groups excluding tert-OH is 1. The monoisotopic (exact) mass is 241 g/mol. The number of aliphatic hydroxyl groups is 1. The molecule has 0 bridgehead atoms. The average molecular weight is 241 g/mol. The Kier molecular flexibility index (Phi) is 5.01. The van der Waals surface area contributed by atoms with Crippen LogP contribution in [-0.2, 0) is 4.74 Å². The first kappa shape index (κ1) is 13.7. The molecule has 0 spiro atoms. The lowest BCUT2D eigenvalue weighted by Crippen LogP contribution is -2.40. The van der Waals surface area contributed by atoms with Crippen molar-refractivity contribution < 1.29 is 23.0 Å². The molecule has 3 nitrogen and oxygen atoms in total. The molecule has 16 heavy (non-hydrogen) atoms. The van der Waals surface area contributed by atoms with Crippen LogP contribution in [0.1, 0.15) is 32.1 Å². The molecule has 0 radical (unpaired) electrons. The highest BCUT2D eigenvalue weighted by molar-refractivity contribution is 4.78. The van der Waals surface area contributed by atoms with Crippen LogP contribution in [0.4, 0.5) is 13.2 Å². The van der Waals surface area contributed by atoms with Crippen LogP contribution < -0.4 is 5.73 Å². The maximum atomic E-state index is 12.0. The van der Waals surface area contributed by atoms with Crippen LogP contribution in [0.2, 0.25) is 0 Å². The van der Waals surface area contributed by atoms with Gasteiger partial charge in [-0.1, -0.05) is 19.3 Å². The molecule has 96 valence electrons. The van der Waals surface area contributed by atoms with E-state index in [4.69, 9.17) is 15.6 Å². The van der Waals surface area contributed by atoms with Gasteiger partial charge in [-0.05, 0) is 12.8 Å². The topological polar surface area (TPSA) is 55.5 Å². The first-order valence-corrected chi connectivity index (χ1v) is 5.53. The summed E-state index contributed by atoms with van der Waals surface area (Å²) >= 11 is 0. The first-order chi connectivity index (χ1) is 7.41. The number of hydrogen-bond acceptors (Lipinski definition) is 3. The van der Waals surface area contributed by atoms with Crippen LogP contribution in [0, 0.1) is 0 Å². The minimum absolute atomic E-state index is 0.220. The highest BCUT2D eigenvalue weighted by Gasteiger charge is 2.39. The normalized spacial score (nSPS) is 29.8. The van der Waals surface area contributed by atoms with Gasteiger partial charge in [0.2, 0.25) is 0 Å². The Hall–Kier alpha value is -0.330. The van der Waals surface area contributed by atoms with E-state index in [1.807, 2.05) is 0 Å². The number of alkyl halides is 3. The van der Waals surface area contributed by atoms with Crippen molar-refractivity contribution >= 4 is 0 Å². The largest absolute Gasteiger partial charge is 0.416 e. The van der Waals surface area contributed by atoms with E-state index in [2.05, 4.69) is 0 Å². The summed E-state index contributed by atoms with van der Waals surface area (Å²) in [6.45, 7) is -0.720. The molecule has 1 rings (SSSR count). The minimum Gasteiger partial charge on any atom is -0.382 e. The van der Waals surface area contributed by atoms with Gasteiger partial charge in [0.1, 0.15) is 0 Å². The highest BCUT2D eigenvalue weighted by Crippen LogP contribution is 2.23. The molecule has 0 aromatic carbocycles. The maximum Gasteiger partial charge on any atom is 0.416 e. The zero-order valence-electron chi connectivity index (χ0n) is 9.04.